The van der Waals surface area contributed by atoms with Crippen LogP contribution in [0.4, 0.5) is 0 Å². The fourth-order valence-electron chi connectivity index (χ4n) is 2.24. The standard InChI is InChI=1S/C12H24N2O4S/c1-11-6-5-9-14(10-11)19(17,18)13-8-4-2-3-7-12(15)16/h11,13H,2-10H2,1H3,(H,15,16). The smallest absolute Gasteiger partial charge is 0.303 e. The Morgan fingerprint density at radius 1 is 1.37 bits per heavy atom. The van der Waals surface area contributed by atoms with Crippen LogP contribution in [0.1, 0.15) is 45.4 Å². The van der Waals surface area contributed by atoms with Crippen molar-refractivity contribution in [3.05, 3.63) is 0 Å². The predicted octanol–water partition coefficient (Wildman–Crippen LogP) is 1.20. The molecule has 1 fully saturated rings. The summed E-state index contributed by atoms with van der Waals surface area (Å²) in [5, 5.41) is 8.48. The summed E-state index contributed by atoms with van der Waals surface area (Å²) in [7, 11) is -3.35. The van der Waals surface area contributed by atoms with Crippen molar-refractivity contribution in [3.8, 4) is 0 Å². The maximum absolute atomic E-state index is 12.0. The molecular weight excluding hydrogens is 268 g/mol. The molecule has 1 aliphatic rings. The Kier molecular flexibility index (Phi) is 6.74. The number of unbranched alkanes of at least 4 members (excludes halogenated alkanes) is 2. The molecule has 0 radical (unpaired) electrons. The first-order chi connectivity index (χ1) is 8.92. The molecule has 0 aliphatic carbocycles. The van der Waals surface area contributed by atoms with Crippen LogP contribution >= 0.6 is 0 Å². The Hall–Kier alpha value is -0.660. The molecule has 19 heavy (non-hydrogen) atoms. The van der Waals surface area contributed by atoms with Crippen LogP contribution in [-0.2, 0) is 15.0 Å². The third-order valence-corrected chi connectivity index (χ3v) is 4.89. The van der Waals surface area contributed by atoms with Gasteiger partial charge in [-0.05, 0) is 31.6 Å². The molecule has 0 aromatic rings. The minimum atomic E-state index is -3.35. The molecule has 0 aromatic heterocycles. The van der Waals surface area contributed by atoms with Gasteiger partial charge in [-0.3, -0.25) is 4.79 Å². The molecule has 112 valence electrons. The van der Waals surface area contributed by atoms with Gasteiger partial charge in [0, 0.05) is 26.1 Å². The topological polar surface area (TPSA) is 86.7 Å². The fourth-order valence-corrected chi connectivity index (χ4v) is 3.64. The van der Waals surface area contributed by atoms with Gasteiger partial charge in [-0.2, -0.15) is 12.7 Å². The molecule has 1 heterocycles. The number of nitrogens with zero attached hydrogens (tertiary/aromatic N) is 1. The van der Waals surface area contributed by atoms with E-state index in [1.165, 1.54) is 4.31 Å². The molecule has 0 aromatic carbocycles. The summed E-state index contributed by atoms with van der Waals surface area (Å²) >= 11 is 0. The number of nitrogens with one attached hydrogen (secondary N) is 1. The normalized spacial score (nSPS) is 21.4. The molecule has 1 rings (SSSR count). The molecule has 7 heteroatoms. The van der Waals surface area contributed by atoms with Gasteiger partial charge < -0.3 is 5.11 Å². The van der Waals surface area contributed by atoms with Crippen molar-refractivity contribution in [2.24, 2.45) is 5.92 Å². The lowest BCUT2D eigenvalue weighted by Gasteiger charge is -2.29. The molecule has 0 amide bonds. The van der Waals surface area contributed by atoms with E-state index >= 15 is 0 Å². The van der Waals surface area contributed by atoms with Crippen LogP contribution in [0.25, 0.3) is 0 Å². The van der Waals surface area contributed by atoms with Gasteiger partial charge in [-0.15, -0.1) is 0 Å². The molecule has 1 aliphatic heterocycles. The van der Waals surface area contributed by atoms with E-state index < -0.39 is 16.2 Å². The van der Waals surface area contributed by atoms with Crippen molar-refractivity contribution in [2.45, 2.75) is 45.4 Å². The minimum Gasteiger partial charge on any atom is -0.481 e. The van der Waals surface area contributed by atoms with Crippen LogP contribution in [-0.4, -0.2) is 43.4 Å². The molecule has 0 bridgehead atoms. The van der Waals surface area contributed by atoms with Gasteiger partial charge >= 0.3 is 5.97 Å². The Morgan fingerprint density at radius 3 is 2.74 bits per heavy atom. The number of carbonyl (C=O) groups is 1. The molecule has 1 unspecified atom stereocenters. The summed E-state index contributed by atoms with van der Waals surface area (Å²) in [4.78, 5) is 10.3. The highest BCUT2D eigenvalue weighted by Crippen LogP contribution is 2.17. The third kappa shape index (κ3) is 6.35. The quantitative estimate of drug-likeness (QED) is 0.658. The van der Waals surface area contributed by atoms with Crippen molar-refractivity contribution in [2.75, 3.05) is 19.6 Å². The van der Waals surface area contributed by atoms with Crippen molar-refractivity contribution in [1.82, 2.24) is 9.03 Å². The molecule has 0 spiro atoms. The van der Waals surface area contributed by atoms with Crippen LogP contribution in [0.15, 0.2) is 0 Å². The van der Waals surface area contributed by atoms with E-state index in [1.807, 2.05) is 0 Å². The summed E-state index contributed by atoms with van der Waals surface area (Å²) in [6, 6.07) is 0. The Morgan fingerprint density at radius 2 is 2.11 bits per heavy atom. The highest BCUT2D eigenvalue weighted by Gasteiger charge is 2.26. The summed E-state index contributed by atoms with van der Waals surface area (Å²) in [6.07, 6.45) is 4.15. The van der Waals surface area contributed by atoms with Crippen molar-refractivity contribution in [3.63, 3.8) is 0 Å². The highest BCUT2D eigenvalue weighted by molar-refractivity contribution is 7.87. The molecule has 2 N–H and O–H groups in total. The Bertz CT molecular complexity index is 383. The average Bonchev–Trinajstić information content (AvgIpc) is 2.33. The average molecular weight is 292 g/mol. The first kappa shape index (κ1) is 16.4. The number of rotatable bonds is 8. The zero-order valence-electron chi connectivity index (χ0n) is 11.5. The summed E-state index contributed by atoms with van der Waals surface area (Å²) in [5.74, 6) is -0.385. The van der Waals surface area contributed by atoms with E-state index in [1.54, 1.807) is 0 Å². The zero-order chi connectivity index (χ0) is 14.3. The number of carboxylic acids is 1. The zero-order valence-corrected chi connectivity index (χ0v) is 12.3. The van der Waals surface area contributed by atoms with E-state index in [0.29, 0.717) is 38.4 Å². The van der Waals surface area contributed by atoms with E-state index in [4.69, 9.17) is 5.11 Å². The van der Waals surface area contributed by atoms with E-state index in [9.17, 15) is 13.2 Å². The van der Waals surface area contributed by atoms with Gasteiger partial charge in [0.1, 0.15) is 0 Å². The maximum atomic E-state index is 12.0. The van der Waals surface area contributed by atoms with Gasteiger partial charge in [0.05, 0.1) is 0 Å². The number of carboxylic acid groups (broad SMARTS) is 1. The lowest BCUT2D eigenvalue weighted by atomic mass is 10.0. The van der Waals surface area contributed by atoms with Crippen molar-refractivity contribution in [1.29, 1.82) is 0 Å². The molecular formula is C12H24N2O4S. The lowest BCUT2D eigenvalue weighted by Crippen LogP contribution is -2.45. The number of hydrogen-bond donors (Lipinski definition) is 2. The van der Waals surface area contributed by atoms with Crippen molar-refractivity contribution >= 4 is 16.2 Å². The predicted molar refractivity (Wildman–Crippen MR) is 73.0 cm³/mol. The maximum Gasteiger partial charge on any atom is 0.303 e. The monoisotopic (exact) mass is 292 g/mol. The number of piperidine rings is 1. The second-order valence-corrected chi connectivity index (χ2v) is 6.96. The highest BCUT2D eigenvalue weighted by atomic mass is 32.2. The number of hydrogen-bond acceptors (Lipinski definition) is 3. The largest absolute Gasteiger partial charge is 0.481 e. The molecule has 1 saturated heterocycles. The molecule has 0 saturated carbocycles. The van der Waals surface area contributed by atoms with Crippen LogP contribution in [0, 0.1) is 5.92 Å². The molecule has 6 nitrogen and oxygen atoms in total. The van der Waals surface area contributed by atoms with Crippen molar-refractivity contribution < 1.29 is 18.3 Å². The summed E-state index contributed by atoms with van der Waals surface area (Å²) in [6.45, 7) is 3.63. The fraction of sp³-hybridized carbons (Fsp3) is 0.917. The summed E-state index contributed by atoms with van der Waals surface area (Å²) in [5.41, 5.74) is 0. The van der Waals surface area contributed by atoms with E-state index in [0.717, 1.165) is 19.3 Å². The van der Waals surface area contributed by atoms with Crippen LogP contribution in [0.3, 0.4) is 0 Å². The Labute approximate surface area is 115 Å². The lowest BCUT2D eigenvalue weighted by molar-refractivity contribution is -0.137. The minimum absolute atomic E-state index is 0.149. The van der Waals surface area contributed by atoms with E-state index in [2.05, 4.69) is 11.6 Å². The Balaban J connectivity index is 2.21. The van der Waals surface area contributed by atoms with E-state index in [-0.39, 0.29) is 6.42 Å². The summed E-state index contributed by atoms with van der Waals surface area (Å²) < 4.78 is 28.1. The van der Waals surface area contributed by atoms with Crippen LogP contribution in [0.2, 0.25) is 0 Å². The molecule has 1 atom stereocenters. The van der Waals surface area contributed by atoms with Gasteiger partial charge in [0.15, 0.2) is 0 Å². The van der Waals surface area contributed by atoms with Gasteiger partial charge in [-0.25, -0.2) is 4.72 Å². The van der Waals surface area contributed by atoms with Crippen LogP contribution < -0.4 is 4.72 Å². The van der Waals surface area contributed by atoms with Gasteiger partial charge in [-0.1, -0.05) is 13.3 Å². The second kappa shape index (κ2) is 7.81. The second-order valence-electron chi connectivity index (χ2n) is 5.21. The first-order valence-electron chi connectivity index (χ1n) is 6.88. The number of aliphatic carboxylic acids is 1. The first-order valence-corrected chi connectivity index (χ1v) is 8.32. The SMILES string of the molecule is CC1CCCN(S(=O)(=O)NCCCCCC(=O)O)C1. The van der Waals surface area contributed by atoms with Gasteiger partial charge in [0.25, 0.3) is 10.2 Å². The third-order valence-electron chi connectivity index (χ3n) is 3.31. The van der Waals surface area contributed by atoms with Gasteiger partial charge in [0.2, 0.25) is 0 Å². The van der Waals surface area contributed by atoms with Crippen LogP contribution in [0.5, 0.6) is 0 Å².